The molecule has 3 rings (SSSR count). The topological polar surface area (TPSA) is 83.9 Å². The number of benzene rings is 1. The molecule has 158 valence electrons. The summed E-state index contributed by atoms with van der Waals surface area (Å²) in [6, 6.07) is 6.96. The minimum Gasteiger partial charge on any atom is -0.481 e. The molecule has 1 saturated heterocycles. The number of rotatable bonds is 5. The van der Waals surface area contributed by atoms with Crippen LogP contribution in [0.1, 0.15) is 64.4 Å². The van der Waals surface area contributed by atoms with Crippen molar-refractivity contribution in [3.63, 3.8) is 0 Å². The van der Waals surface area contributed by atoms with Gasteiger partial charge in [-0.05, 0) is 64.2 Å². The van der Waals surface area contributed by atoms with Crippen LogP contribution in [0, 0.1) is 5.41 Å². The summed E-state index contributed by atoms with van der Waals surface area (Å²) < 4.78 is 6.39. The molecule has 1 saturated carbocycles. The van der Waals surface area contributed by atoms with E-state index in [9.17, 15) is 19.5 Å². The van der Waals surface area contributed by atoms with Crippen LogP contribution in [0.15, 0.2) is 28.7 Å². The summed E-state index contributed by atoms with van der Waals surface area (Å²) in [7, 11) is 0. The third kappa shape index (κ3) is 4.82. The lowest BCUT2D eigenvalue weighted by molar-refractivity contribution is -0.146. The second-order valence-corrected chi connectivity index (χ2v) is 10.0. The highest BCUT2D eigenvalue weighted by Crippen LogP contribution is 2.62. The van der Waals surface area contributed by atoms with Crippen LogP contribution in [0.2, 0.25) is 0 Å². The summed E-state index contributed by atoms with van der Waals surface area (Å²) >= 11 is 3.39. The first-order valence-electron chi connectivity index (χ1n) is 10.0. The van der Waals surface area contributed by atoms with Gasteiger partial charge in [0.2, 0.25) is 0 Å². The predicted molar refractivity (Wildman–Crippen MR) is 112 cm³/mol. The molecule has 0 spiro atoms. The summed E-state index contributed by atoms with van der Waals surface area (Å²) in [5.41, 5.74) is -0.800. The normalized spacial score (nSPS) is 26.7. The quantitative estimate of drug-likeness (QED) is 0.677. The van der Waals surface area contributed by atoms with Gasteiger partial charge in [0.25, 0.3) is 0 Å². The molecule has 1 aromatic rings. The number of carbonyl (C=O) groups is 3. The van der Waals surface area contributed by atoms with Gasteiger partial charge >= 0.3 is 12.1 Å². The molecule has 0 radical (unpaired) electrons. The van der Waals surface area contributed by atoms with Crippen molar-refractivity contribution < 1.29 is 24.2 Å². The van der Waals surface area contributed by atoms with Crippen molar-refractivity contribution in [1.29, 1.82) is 0 Å². The zero-order valence-corrected chi connectivity index (χ0v) is 18.7. The Hall–Kier alpha value is -1.89. The van der Waals surface area contributed by atoms with Gasteiger partial charge in [0.05, 0.1) is 11.5 Å². The lowest BCUT2D eigenvalue weighted by Crippen LogP contribution is -2.50. The highest BCUT2D eigenvalue weighted by Gasteiger charge is 2.62. The third-order valence-corrected chi connectivity index (χ3v) is 6.29. The Balaban J connectivity index is 1.75. The van der Waals surface area contributed by atoms with Crippen LogP contribution >= 0.6 is 15.9 Å². The van der Waals surface area contributed by atoms with Gasteiger partial charge in [-0.25, -0.2) is 4.79 Å². The SMILES string of the molecule is CC(C)(C)OC(=O)N1CCCC[C@H]1C(=O)C[C@]1(C(=O)O)C[C@@H]1c1ccc(Br)cc1. The molecule has 1 aliphatic heterocycles. The first-order chi connectivity index (χ1) is 13.5. The van der Waals surface area contributed by atoms with Crippen molar-refractivity contribution >= 4 is 33.8 Å². The highest BCUT2D eigenvalue weighted by atomic mass is 79.9. The molecule has 1 N–H and O–H groups in total. The van der Waals surface area contributed by atoms with Crippen LogP contribution in [0.3, 0.4) is 0 Å². The number of likely N-dealkylation sites (tertiary alicyclic amines) is 1. The van der Waals surface area contributed by atoms with Crippen LogP contribution in [-0.4, -0.2) is 46.0 Å². The summed E-state index contributed by atoms with van der Waals surface area (Å²) in [6.07, 6.45) is 2.08. The number of Topliss-reactive ketones (excluding diaryl/α,β-unsaturated/α-hetero) is 1. The van der Waals surface area contributed by atoms with Gasteiger partial charge < -0.3 is 9.84 Å². The number of carboxylic acids is 1. The minimum atomic E-state index is -1.08. The van der Waals surface area contributed by atoms with E-state index >= 15 is 0 Å². The average molecular weight is 466 g/mol. The fourth-order valence-corrected chi connectivity index (χ4v) is 4.44. The van der Waals surface area contributed by atoms with Gasteiger partial charge in [-0.2, -0.15) is 0 Å². The molecule has 2 fully saturated rings. The number of carboxylic acid groups (broad SMARTS) is 1. The lowest BCUT2D eigenvalue weighted by Gasteiger charge is -2.36. The molecule has 1 amide bonds. The summed E-state index contributed by atoms with van der Waals surface area (Å²) in [4.78, 5) is 39.3. The molecule has 29 heavy (non-hydrogen) atoms. The van der Waals surface area contributed by atoms with E-state index in [-0.39, 0.29) is 18.1 Å². The summed E-state index contributed by atoms with van der Waals surface area (Å²) in [5.74, 6) is -1.31. The second-order valence-electron chi connectivity index (χ2n) is 9.10. The maximum Gasteiger partial charge on any atom is 0.410 e. The standard InChI is InChI=1S/C22H28BrNO5/c1-21(2,3)29-20(28)24-11-5-4-6-17(24)18(25)13-22(19(26)27)12-16(22)14-7-9-15(23)10-8-14/h7-10,16-17H,4-6,11-13H2,1-3H3,(H,26,27)/t16-,17+,22-/m1/s1. The van der Waals surface area contributed by atoms with Gasteiger partial charge in [-0.15, -0.1) is 0 Å². The Morgan fingerprint density at radius 3 is 2.45 bits per heavy atom. The van der Waals surface area contributed by atoms with Crippen molar-refractivity contribution in [3.8, 4) is 0 Å². The zero-order valence-electron chi connectivity index (χ0n) is 17.1. The molecule has 1 heterocycles. The number of amides is 1. The maximum atomic E-state index is 13.1. The number of ketones is 1. The van der Waals surface area contributed by atoms with Gasteiger partial charge in [0.15, 0.2) is 5.78 Å². The van der Waals surface area contributed by atoms with E-state index in [1.165, 1.54) is 4.90 Å². The molecule has 0 bridgehead atoms. The van der Waals surface area contributed by atoms with Crippen LogP contribution in [0.4, 0.5) is 4.79 Å². The molecular formula is C22H28BrNO5. The first-order valence-corrected chi connectivity index (χ1v) is 10.8. The first kappa shape index (κ1) is 21.8. The van der Waals surface area contributed by atoms with Gasteiger partial charge in [0.1, 0.15) is 5.60 Å². The number of piperidine rings is 1. The lowest BCUT2D eigenvalue weighted by atomic mass is 9.88. The predicted octanol–water partition coefficient (Wildman–Crippen LogP) is 4.76. The molecule has 2 aliphatic rings. The van der Waals surface area contributed by atoms with Crippen LogP contribution in [-0.2, 0) is 14.3 Å². The second kappa shape index (κ2) is 8.09. The fraction of sp³-hybridized carbons (Fsp3) is 0.591. The molecule has 6 nitrogen and oxygen atoms in total. The Labute approximate surface area is 179 Å². The largest absolute Gasteiger partial charge is 0.481 e. The highest BCUT2D eigenvalue weighted by molar-refractivity contribution is 9.10. The number of aliphatic carboxylic acids is 1. The number of halogens is 1. The van der Waals surface area contributed by atoms with Crippen LogP contribution in [0.5, 0.6) is 0 Å². The number of hydrogen-bond acceptors (Lipinski definition) is 4. The third-order valence-electron chi connectivity index (χ3n) is 5.77. The van der Waals surface area contributed by atoms with Crippen LogP contribution < -0.4 is 0 Å². The summed E-state index contributed by atoms with van der Waals surface area (Å²) in [5, 5.41) is 9.90. The molecule has 0 unspecified atom stereocenters. The molecule has 0 aromatic heterocycles. The van der Waals surface area contributed by atoms with E-state index in [2.05, 4.69) is 15.9 Å². The molecule has 1 aromatic carbocycles. The van der Waals surface area contributed by atoms with Crippen LogP contribution in [0.25, 0.3) is 0 Å². The van der Waals surface area contributed by atoms with E-state index in [0.29, 0.717) is 19.4 Å². The van der Waals surface area contributed by atoms with Crippen molar-refractivity contribution in [2.75, 3.05) is 6.54 Å². The Bertz CT molecular complexity index is 800. The van der Waals surface area contributed by atoms with E-state index in [4.69, 9.17) is 4.74 Å². The van der Waals surface area contributed by atoms with Gasteiger partial charge in [0, 0.05) is 23.4 Å². The van der Waals surface area contributed by atoms with Crippen molar-refractivity contribution in [2.24, 2.45) is 5.41 Å². The van der Waals surface area contributed by atoms with Gasteiger partial charge in [-0.3, -0.25) is 14.5 Å². The number of ether oxygens (including phenoxy) is 1. The van der Waals surface area contributed by atoms with Crippen molar-refractivity contribution in [1.82, 2.24) is 4.90 Å². The smallest absolute Gasteiger partial charge is 0.410 e. The van der Waals surface area contributed by atoms with E-state index in [1.807, 2.05) is 24.3 Å². The minimum absolute atomic E-state index is 0.0625. The van der Waals surface area contributed by atoms with Gasteiger partial charge in [-0.1, -0.05) is 28.1 Å². The van der Waals surface area contributed by atoms with E-state index in [0.717, 1.165) is 22.9 Å². The molecular weight excluding hydrogens is 438 g/mol. The maximum absolute atomic E-state index is 13.1. The fourth-order valence-electron chi connectivity index (χ4n) is 4.18. The number of hydrogen-bond donors (Lipinski definition) is 1. The average Bonchev–Trinajstić information content (AvgIpc) is 3.36. The monoisotopic (exact) mass is 465 g/mol. The Morgan fingerprint density at radius 2 is 1.86 bits per heavy atom. The Kier molecular flexibility index (Phi) is 6.08. The van der Waals surface area contributed by atoms with E-state index < -0.39 is 29.1 Å². The number of nitrogens with zero attached hydrogens (tertiary/aromatic N) is 1. The number of carbonyl (C=O) groups excluding carboxylic acids is 2. The summed E-state index contributed by atoms with van der Waals surface area (Å²) in [6.45, 7) is 5.83. The molecule has 1 aliphatic carbocycles. The van der Waals surface area contributed by atoms with Crippen molar-refractivity contribution in [2.45, 2.75) is 70.4 Å². The molecule has 7 heteroatoms. The zero-order chi connectivity index (χ0) is 21.4. The van der Waals surface area contributed by atoms with E-state index in [1.54, 1.807) is 20.8 Å². The van der Waals surface area contributed by atoms with Crippen molar-refractivity contribution in [3.05, 3.63) is 34.3 Å². The Morgan fingerprint density at radius 1 is 1.21 bits per heavy atom. The molecule has 3 atom stereocenters.